The highest BCUT2D eigenvalue weighted by molar-refractivity contribution is 5.74. The second kappa shape index (κ2) is 5.52. The van der Waals surface area contributed by atoms with Crippen LogP contribution in [0.2, 0.25) is 0 Å². The van der Waals surface area contributed by atoms with E-state index in [4.69, 9.17) is 0 Å². The van der Waals surface area contributed by atoms with Gasteiger partial charge in [-0.05, 0) is 5.56 Å². The minimum absolute atomic E-state index is 0.00641. The maximum Gasteiger partial charge on any atom is 0.332 e. The summed E-state index contributed by atoms with van der Waals surface area (Å²) in [5.74, 6) is 0.448. The molecule has 0 saturated carbocycles. The van der Waals surface area contributed by atoms with E-state index in [0.717, 1.165) is 10.1 Å². The number of rotatable bonds is 3. The lowest BCUT2D eigenvalue weighted by Crippen LogP contribution is -2.39. The summed E-state index contributed by atoms with van der Waals surface area (Å²) < 4.78 is 2.44. The van der Waals surface area contributed by atoms with Crippen molar-refractivity contribution in [1.29, 1.82) is 0 Å². The van der Waals surface area contributed by atoms with Crippen LogP contribution in [0.25, 0.3) is 0 Å². The molecule has 9 heteroatoms. The van der Waals surface area contributed by atoms with E-state index in [1.807, 2.05) is 0 Å². The van der Waals surface area contributed by atoms with Gasteiger partial charge in [0.2, 0.25) is 6.67 Å². The minimum Gasteiger partial charge on any atom is -0.337 e. The number of hydrogen-bond acceptors (Lipinski definition) is 6. The summed E-state index contributed by atoms with van der Waals surface area (Å²) in [6.45, 7) is 3.33. The Morgan fingerprint density at radius 2 is 1.71 bits per heavy atom. The average Bonchev–Trinajstić information content (AvgIpc) is 2.87. The van der Waals surface area contributed by atoms with Gasteiger partial charge in [0, 0.05) is 39.8 Å². The van der Waals surface area contributed by atoms with E-state index < -0.39 is 16.2 Å². The monoisotopic (exact) mass is 329 g/mol. The molecular weight excluding hydrogens is 314 g/mol. The van der Waals surface area contributed by atoms with Gasteiger partial charge in [0.1, 0.15) is 11.5 Å². The highest BCUT2D eigenvalue weighted by atomic mass is 16.6. The van der Waals surface area contributed by atoms with Crippen LogP contribution in [0.4, 0.5) is 17.2 Å². The highest BCUT2D eigenvalue weighted by Crippen LogP contribution is 2.33. The van der Waals surface area contributed by atoms with Gasteiger partial charge < -0.3 is 9.80 Å². The molecule has 2 radical (unpaired) electrons. The average molecular weight is 329 g/mol. The second-order valence-corrected chi connectivity index (χ2v) is 5.55. The molecule has 0 N–H and O–H groups in total. The van der Waals surface area contributed by atoms with Crippen molar-refractivity contribution < 1.29 is 4.92 Å². The van der Waals surface area contributed by atoms with Gasteiger partial charge in [-0.1, -0.05) is 12.1 Å². The molecule has 9 nitrogen and oxygen atoms in total. The zero-order valence-corrected chi connectivity index (χ0v) is 13.4. The Bertz CT molecular complexity index is 929. The van der Waals surface area contributed by atoms with E-state index in [1.54, 1.807) is 36.0 Å². The quantitative estimate of drug-likeness (QED) is 0.599. The van der Waals surface area contributed by atoms with Crippen molar-refractivity contribution in [1.82, 2.24) is 9.13 Å². The first-order valence-corrected chi connectivity index (χ1v) is 7.12. The Morgan fingerprint density at radius 3 is 2.29 bits per heavy atom. The summed E-state index contributed by atoms with van der Waals surface area (Å²) in [6, 6.07) is 6.10. The normalized spacial score (nSPS) is 13.3. The largest absolute Gasteiger partial charge is 0.337 e. The highest BCUT2D eigenvalue weighted by Gasteiger charge is 2.32. The lowest BCUT2D eigenvalue weighted by molar-refractivity contribution is -0.384. The van der Waals surface area contributed by atoms with Gasteiger partial charge in [-0.25, -0.2) is 4.79 Å². The Kier molecular flexibility index (Phi) is 3.63. The minimum atomic E-state index is -0.464. The molecule has 0 unspecified atom stereocenters. The maximum absolute atomic E-state index is 12.3. The van der Waals surface area contributed by atoms with Gasteiger partial charge in [-0.3, -0.25) is 24.0 Å². The van der Waals surface area contributed by atoms with Crippen LogP contribution in [0.1, 0.15) is 5.56 Å². The number of benzene rings is 1. The van der Waals surface area contributed by atoms with Crippen molar-refractivity contribution in [3.8, 4) is 0 Å². The SMILES string of the molecule is CN1[C]N(Cc2ccc([N+](=O)[O-])cc2)c2c1c(=O)n(C)c(=O)n2C. The summed E-state index contributed by atoms with van der Waals surface area (Å²) in [6.07, 6.45) is 0. The topological polar surface area (TPSA) is 93.6 Å². The molecule has 0 spiro atoms. The molecule has 0 amide bonds. The maximum atomic E-state index is 12.3. The smallest absolute Gasteiger partial charge is 0.332 e. The second-order valence-electron chi connectivity index (χ2n) is 5.55. The number of hydrogen-bond donors (Lipinski definition) is 0. The van der Waals surface area contributed by atoms with Gasteiger partial charge in [-0.2, -0.15) is 0 Å². The molecule has 1 aliphatic heterocycles. The predicted octanol–water partition coefficient (Wildman–Crippen LogP) is 0.445. The Hall–Kier alpha value is -3.10. The summed E-state index contributed by atoms with van der Waals surface area (Å²) in [5.41, 5.74) is 0.342. The van der Waals surface area contributed by atoms with E-state index >= 15 is 0 Å². The molecule has 0 fully saturated rings. The zero-order chi connectivity index (χ0) is 17.6. The molecule has 0 atom stereocenters. The van der Waals surface area contributed by atoms with E-state index in [-0.39, 0.29) is 5.69 Å². The first-order chi connectivity index (χ1) is 11.3. The fourth-order valence-electron chi connectivity index (χ4n) is 2.71. The summed E-state index contributed by atoms with van der Waals surface area (Å²) >= 11 is 0. The predicted molar refractivity (Wildman–Crippen MR) is 87.8 cm³/mol. The van der Waals surface area contributed by atoms with Crippen LogP contribution in [0.15, 0.2) is 33.9 Å². The number of aromatic nitrogens is 2. The number of anilines is 2. The Labute approximate surface area is 137 Å². The number of fused-ring (bicyclic) bond motifs is 1. The van der Waals surface area contributed by atoms with Crippen molar-refractivity contribution in [2.24, 2.45) is 14.1 Å². The first kappa shape index (κ1) is 15.8. The van der Waals surface area contributed by atoms with Crippen LogP contribution >= 0.6 is 0 Å². The fourth-order valence-corrected chi connectivity index (χ4v) is 2.71. The molecule has 2 aromatic rings. The molecule has 2 heterocycles. The van der Waals surface area contributed by atoms with E-state index in [0.29, 0.717) is 18.1 Å². The third-order valence-electron chi connectivity index (χ3n) is 3.96. The molecule has 1 aromatic carbocycles. The summed E-state index contributed by atoms with van der Waals surface area (Å²) in [7, 11) is 4.70. The van der Waals surface area contributed by atoms with Crippen molar-refractivity contribution in [2.45, 2.75) is 6.54 Å². The molecule has 1 aliphatic rings. The lowest BCUT2D eigenvalue weighted by atomic mass is 10.2. The van der Waals surface area contributed by atoms with Crippen LogP contribution in [0.3, 0.4) is 0 Å². The number of nitrogens with zero attached hydrogens (tertiary/aromatic N) is 5. The van der Waals surface area contributed by atoms with Crippen molar-refractivity contribution in [3.63, 3.8) is 0 Å². The fraction of sp³-hybridized carbons (Fsp3) is 0.267. The van der Waals surface area contributed by atoms with Crippen LogP contribution < -0.4 is 21.0 Å². The Morgan fingerprint density at radius 1 is 1.08 bits per heavy atom. The van der Waals surface area contributed by atoms with Crippen molar-refractivity contribution in [3.05, 3.63) is 67.5 Å². The van der Waals surface area contributed by atoms with E-state index in [2.05, 4.69) is 6.67 Å². The van der Waals surface area contributed by atoms with Crippen molar-refractivity contribution >= 4 is 17.2 Å². The molecule has 24 heavy (non-hydrogen) atoms. The molecule has 1 aromatic heterocycles. The van der Waals surface area contributed by atoms with Gasteiger partial charge in [0.15, 0.2) is 0 Å². The first-order valence-electron chi connectivity index (χ1n) is 7.12. The number of nitro groups is 1. The van der Waals surface area contributed by atoms with E-state index in [9.17, 15) is 19.7 Å². The number of nitro benzene ring substituents is 1. The summed E-state index contributed by atoms with van der Waals surface area (Å²) in [4.78, 5) is 37.9. The van der Waals surface area contributed by atoms with Gasteiger partial charge in [-0.15, -0.1) is 0 Å². The molecule has 124 valence electrons. The standard InChI is InChI=1S/C15H15N5O4/c1-16-9-19(8-10-4-6-11(7-5-10)20(23)24)13-12(16)14(21)18(3)15(22)17(13)2/h4-7H,8H2,1-3H3. The van der Waals surface area contributed by atoms with Gasteiger partial charge in [0.05, 0.1) is 4.92 Å². The van der Waals surface area contributed by atoms with Crippen LogP contribution in [-0.4, -0.2) is 21.1 Å². The molecule has 3 rings (SSSR count). The molecule has 0 aliphatic carbocycles. The molecule has 0 saturated heterocycles. The van der Waals surface area contributed by atoms with E-state index in [1.165, 1.54) is 23.7 Å². The third-order valence-corrected chi connectivity index (χ3v) is 3.96. The molecule has 0 bridgehead atoms. The zero-order valence-electron chi connectivity index (χ0n) is 13.4. The van der Waals surface area contributed by atoms with Gasteiger partial charge >= 0.3 is 5.69 Å². The third kappa shape index (κ3) is 2.34. The number of non-ortho nitro benzene ring substituents is 1. The van der Waals surface area contributed by atoms with Gasteiger partial charge in [0.25, 0.3) is 11.2 Å². The van der Waals surface area contributed by atoms with Crippen LogP contribution in [-0.2, 0) is 20.6 Å². The van der Waals surface area contributed by atoms with Crippen LogP contribution in [0, 0.1) is 16.8 Å². The molecular formula is C15H15N5O4. The summed E-state index contributed by atoms with van der Waals surface area (Å²) in [5, 5.41) is 10.7. The van der Waals surface area contributed by atoms with Crippen molar-refractivity contribution in [2.75, 3.05) is 16.8 Å². The Balaban J connectivity index is 2.01. The lowest BCUT2D eigenvalue weighted by Gasteiger charge is -2.19. The van der Waals surface area contributed by atoms with Crippen LogP contribution in [0.5, 0.6) is 0 Å².